The van der Waals surface area contributed by atoms with Crippen molar-refractivity contribution in [3.63, 3.8) is 0 Å². The van der Waals surface area contributed by atoms with E-state index in [1.165, 1.54) is 0 Å². The lowest BCUT2D eigenvalue weighted by atomic mass is 10.2. The summed E-state index contributed by atoms with van der Waals surface area (Å²) in [5.41, 5.74) is 0.549. The normalized spacial score (nSPS) is 10.0. The van der Waals surface area contributed by atoms with Gasteiger partial charge in [0.25, 0.3) is 0 Å². The highest BCUT2D eigenvalue weighted by Crippen LogP contribution is 2.30. The fourth-order valence-corrected chi connectivity index (χ4v) is 1.70. The van der Waals surface area contributed by atoms with Gasteiger partial charge in [-0.1, -0.05) is 13.8 Å². The van der Waals surface area contributed by atoms with Gasteiger partial charge in [0.2, 0.25) is 0 Å². The van der Waals surface area contributed by atoms with Crippen LogP contribution in [-0.2, 0) is 4.79 Å². The number of carboxylic acid groups (broad SMARTS) is 1. The third-order valence-electron chi connectivity index (χ3n) is 2.75. The van der Waals surface area contributed by atoms with Crippen LogP contribution in [-0.4, -0.2) is 36.9 Å². The maximum Gasteiger partial charge on any atom is 0.319 e. The zero-order valence-electron chi connectivity index (χ0n) is 13.6. The minimum atomic E-state index is -0.960. The van der Waals surface area contributed by atoms with Crippen LogP contribution in [0.25, 0.3) is 0 Å². The summed E-state index contributed by atoms with van der Waals surface area (Å²) in [5, 5.41) is 13.6. The molecule has 0 radical (unpaired) electrons. The van der Waals surface area contributed by atoms with Crippen molar-refractivity contribution < 1.29 is 24.2 Å². The number of anilines is 1. The Hall–Kier alpha value is -2.44. The standard InChI is InChI=1S/C16H24N2O5/c1-3-9-22-13-6-5-12(11-14(13)23-10-4-2)18-16(21)17-8-7-15(19)20/h5-6,11H,3-4,7-10H2,1-2H3,(H,19,20)(H2,17,18,21). The van der Waals surface area contributed by atoms with Crippen LogP contribution < -0.4 is 20.1 Å². The van der Waals surface area contributed by atoms with Gasteiger partial charge < -0.3 is 25.2 Å². The Morgan fingerprint density at radius 2 is 1.74 bits per heavy atom. The highest BCUT2D eigenvalue weighted by molar-refractivity contribution is 5.89. The molecule has 0 fully saturated rings. The van der Waals surface area contributed by atoms with Crippen molar-refractivity contribution in [2.45, 2.75) is 33.1 Å². The molecular weight excluding hydrogens is 300 g/mol. The minimum absolute atomic E-state index is 0.0675. The first kappa shape index (κ1) is 18.6. The number of benzene rings is 1. The molecule has 23 heavy (non-hydrogen) atoms. The number of nitrogens with one attached hydrogen (secondary N) is 2. The number of rotatable bonds is 10. The van der Waals surface area contributed by atoms with Crippen molar-refractivity contribution in [1.82, 2.24) is 5.32 Å². The molecule has 7 heteroatoms. The Labute approximate surface area is 136 Å². The van der Waals surface area contributed by atoms with Crippen molar-refractivity contribution in [3.05, 3.63) is 18.2 Å². The van der Waals surface area contributed by atoms with Crippen LogP contribution in [0.15, 0.2) is 18.2 Å². The summed E-state index contributed by atoms with van der Waals surface area (Å²) in [6.45, 7) is 5.23. The maximum absolute atomic E-state index is 11.7. The van der Waals surface area contributed by atoms with E-state index in [1.807, 2.05) is 13.8 Å². The average Bonchev–Trinajstić information content (AvgIpc) is 2.51. The molecule has 0 aliphatic rings. The molecule has 0 spiro atoms. The van der Waals surface area contributed by atoms with Crippen molar-refractivity contribution in [2.24, 2.45) is 0 Å². The Kier molecular flexibility index (Phi) is 8.34. The lowest BCUT2D eigenvalue weighted by Gasteiger charge is -2.14. The number of carbonyl (C=O) groups excluding carboxylic acids is 1. The first-order valence-corrected chi connectivity index (χ1v) is 7.73. The monoisotopic (exact) mass is 324 g/mol. The Morgan fingerprint density at radius 3 is 2.35 bits per heavy atom. The van der Waals surface area contributed by atoms with E-state index in [9.17, 15) is 9.59 Å². The van der Waals surface area contributed by atoms with Gasteiger partial charge in [-0.15, -0.1) is 0 Å². The molecule has 1 aromatic carbocycles. The number of aliphatic carboxylic acids is 1. The maximum atomic E-state index is 11.7. The first-order valence-electron chi connectivity index (χ1n) is 7.73. The summed E-state index contributed by atoms with van der Waals surface area (Å²) in [6, 6.07) is 4.68. The minimum Gasteiger partial charge on any atom is -0.490 e. The molecule has 2 amide bonds. The zero-order valence-corrected chi connectivity index (χ0v) is 13.6. The molecule has 7 nitrogen and oxygen atoms in total. The largest absolute Gasteiger partial charge is 0.490 e. The summed E-state index contributed by atoms with van der Waals surface area (Å²) in [7, 11) is 0. The quantitative estimate of drug-likeness (QED) is 0.615. The fourth-order valence-electron chi connectivity index (χ4n) is 1.70. The Balaban J connectivity index is 2.67. The fraction of sp³-hybridized carbons (Fsp3) is 0.500. The van der Waals surface area contributed by atoms with E-state index in [4.69, 9.17) is 14.6 Å². The molecule has 128 valence electrons. The van der Waals surface area contributed by atoms with Gasteiger partial charge in [-0.25, -0.2) is 4.79 Å². The number of hydrogen-bond acceptors (Lipinski definition) is 4. The molecule has 0 unspecified atom stereocenters. The van der Waals surface area contributed by atoms with Crippen LogP contribution in [0.1, 0.15) is 33.1 Å². The number of ether oxygens (including phenoxy) is 2. The lowest BCUT2D eigenvalue weighted by Crippen LogP contribution is -2.30. The van der Waals surface area contributed by atoms with Crippen LogP contribution in [0, 0.1) is 0 Å². The van der Waals surface area contributed by atoms with Crippen LogP contribution >= 0.6 is 0 Å². The van der Waals surface area contributed by atoms with Crippen molar-refractivity contribution in [1.29, 1.82) is 0 Å². The van der Waals surface area contributed by atoms with Gasteiger partial charge in [0.1, 0.15) is 0 Å². The summed E-state index contributed by atoms with van der Waals surface area (Å²) < 4.78 is 11.3. The number of urea groups is 1. The predicted octanol–water partition coefficient (Wildman–Crippen LogP) is 2.86. The number of carboxylic acids is 1. The highest BCUT2D eigenvalue weighted by Gasteiger charge is 2.09. The first-order chi connectivity index (χ1) is 11.1. The van der Waals surface area contributed by atoms with E-state index in [0.29, 0.717) is 30.4 Å². The molecule has 3 N–H and O–H groups in total. The van der Waals surface area contributed by atoms with E-state index >= 15 is 0 Å². The molecule has 0 aliphatic carbocycles. The van der Waals surface area contributed by atoms with Crippen molar-refractivity contribution in [3.8, 4) is 11.5 Å². The Morgan fingerprint density at radius 1 is 1.09 bits per heavy atom. The molecule has 1 rings (SSSR count). The van der Waals surface area contributed by atoms with Gasteiger partial charge in [0.05, 0.1) is 19.6 Å². The molecule has 0 saturated heterocycles. The highest BCUT2D eigenvalue weighted by atomic mass is 16.5. The van der Waals surface area contributed by atoms with Crippen LogP contribution in [0.2, 0.25) is 0 Å². The van der Waals surface area contributed by atoms with Gasteiger partial charge in [0.15, 0.2) is 11.5 Å². The van der Waals surface area contributed by atoms with Gasteiger partial charge in [-0.05, 0) is 25.0 Å². The second kappa shape index (κ2) is 10.3. The Bertz CT molecular complexity index is 519. The van der Waals surface area contributed by atoms with Crippen molar-refractivity contribution >= 4 is 17.7 Å². The number of amides is 2. The van der Waals surface area contributed by atoms with Gasteiger partial charge in [0, 0.05) is 18.3 Å². The molecule has 0 bridgehead atoms. The lowest BCUT2D eigenvalue weighted by molar-refractivity contribution is -0.136. The van der Waals surface area contributed by atoms with Gasteiger partial charge in [-0.3, -0.25) is 4.79 Å². The smallest absolute Gasteiger partial charge is 0.319 e. The third kappa shape index (κ3) is 7.39. The summed E-state index contributed by atoms with van der Waals surface area (Å²) >= 11 is 0. The second-order valence-electron chi connectivity index (χ2n) is 4.88. The zero-order chi connectivity index (χ0) is 17.1. The van der Waals surface area contributed by atoms with Crippen LogP contribution in [0.4, 0.5) is 10.5 Å². The summed E-state index contributed by atoms with van der Waals surface area (Å²) in [5.74, 6) is 0.249. The van der Waals surface area contributed by atoms with E-state index in [-0.39, 0.29) is 13.0 Å². The summed E-state index contributed by atoms with van der Waals surface area (Å²) in [6.07, 6.45) is 1.63. The topological polar surface area (TPSA) is 96.9 Å². The van der Waals surface area contributed by atoms with Crippen molar-refractivity contribution in [2.75, 3.05) is 25.1 Å². The molecular formula is C16H24N2O5. The van der Waals surface area contributed by atoms with Crippen LogP contribution in [0.5, 0.6) is 11.5 Å². The molecule has 0 atom stereocenters. The third-order valence-corrected chi connectivity index (χ3v) is 2.75. The predicted molar refractivity (Wildman–Crippen MR) is 87.3 cm³/mol. The van der Waals surface area contributed by atoms with E-state index in [1.54, 1.807) is 18.2 Å². The molecule has 0 aliphatic heterocycles. The number of carbonyl (C=O) groups is 2. The molecule has 0 aromatic heterocycles. The SMILES string of the molecule is CCCOc1ccc(NC(=O)NCCC(=O)O)cc1OCCC. The van der Waals surface area contributed by atoms with E-state index < -0.39 is 12.0 Å². The van der Waals surface area contributed by atoms with Crippen LogP contribution in [0.3, 0.4) is 0 Å². The second-order valence-corrected chi connectivity index (χ2v) is 4.88. The number of hydrogen-bond donors (Lipinski definition) is 3. The van der Waals surface area contributed by atoms with E-state index in [0.717, 1.165) is 12.8 Å². The molecule has 1 aromatic rings. The average molecular weight is 324 g/mol. The molecule has 0 heterocycles. The van der Waals surface area contributed by atoms with Gasteiger partial charge in [-0.2, -0.15) is 0 Å². The molecule has 0 saturated carbocycles. The van der Waals surface area contributed by atoms with Gasteiger partial charge >= 0.3 is 12.0 Å². The summed E-state index contributed by atoms with van der Waals surface area (Å²) in [4.78, 5) is 22.1. The van der Waals surface area contributed by atoms with E-state index in [2.05, 4.69) is 10.6 Å².